The van der Waals surface area contributed by atoms with Gasteiger partial charge in [0.05, 0.1) is 6.04 Å². The van der Waals surface area contributed by atoms with Crippen molar-refractivity contribution in [3.63, 3.8) is 0 Å². The van der Waals surface area contributed by atoms with Gasteiger partial charge in [0.25, 0.3) is 0 Å². The smallest absolute Gasteiger partial charge is 0.410 e. The largest absolute Gasteiger partial charge is 0.482 e. The lowest BCUT2D eigenvalue weighted by molar-refractivity contribution is -0.139. The minimum atomic E-state index is -1.14. The summed E-state index contributed by atoms with van der Waals surface area (Å²) in [6.07, 6.45) is -0.112. The number of carbonyl (C=O) groups excluding carboxylic acids is 1. The highest BCUT2D eigenvalue weighted by Gasteiger charge is 2.35. The summed E-state index contributed by atoms with van der Waals surface area (Å²) < 4.78 is 25.0. The first-order chi connectivity index (χ1) is 15.9. The number of rotatable bonds is 6. The minimum Gasteiger partial charge on any atom is -0.482 e. The third kappa shape index (κ3) is 5.26. The van der Waals surface area contributed by atoms with Crippen molar-refractivity contribution in [1.29, 1.82) is 0 Å². The molecule has 1 aliphatic rings. The van der Waals surface area contributed by atoms with Gasteiger partial charge in [-0.05, 0) is 53.4 Å². The van der Waals surface area contributed by atoms with E-state index in [0.29, 0.717) is 22.6 Å². The van der Waals surface area contributed by atoms with Crippen LogP contribution in [0.15, 0.2) is 66.7 Å². The molecule has 33 heavy (non-hydrogen) atoms. The van der Waals surface area contributed by atoms with Gasteiger partial charge in [-0.3, -0.25) is 4.90 Å². The Balaban J connectivity index is 1.72. The Bertz CT molecular complexity index is 1170. The van der Waals surface area contributed by atoms with Crippen LogP contribution >= 0.6 is 11.6 Å². The maximum Gasteiger partial charge on any atom is 0.410 e. The Hall–Kier alpha value is -3.58. The molecule has 0 saturated carbocycles. The zero-order valence-corrected chi connectivity index (χ0v) is 18.3. The predicted molar refractivity (Wildman–Crippen MR) is 120 cm³/mol. The molecule has 1 N–H and O–H groups in total. The van der Waals surface area contributed by atoms with Crippen LogP contribution in [0, 0.1) is 5.82 Å². The fourth-order valence-electron chi connectivity index (χ4n) is 3.93. The second-order valence-electron chi connectivity index (χ2n) is 7.59. The van der Waals surface area contributed by atoms with Crippen molar-refractivity contribution in [2.45, 2.75) is 19.1 Å². The van der Waals surface area contributed by atoms with Crippen molar-refractivity contribution in [3.8, 4) is 5.75 Å². The normalized spacial score (nSPS) is 15.0. The Kier molecular flexibility index (Phi) is 6.79. The first kappa shape index (κ1) is 22.6. The number of carboxylic acid groups (broad SMARTS) is 1. The van der Waals surface area contributed by atoms with Crippen LogP contribution in [-0.2, 0) is 22.6 Å². The summed E-state index contributed by atoms with van der Waals surface area (Å²) in [6.45, 7) is -0.188. The van der Waals surface area contributed by atoms with Crippen LogP contribution in [0.25, 0.3) is 0 Å². The van der Waals surface area contributed by atoms with Crippen molar-refractivity contribution in [1.82, 2.24) is 4.90 Å². The van der Waals surface area contributed by atoms with Gasteiger partial charge in [-0.1, -0.05) is 48.0 Å². The van der Waals surface area contributed by atoms with E-state index in [4.69, 9.17) is 26.2 Å². The number of nitrogens with zero attached hydrogens (tertiary/aromatic N) is 1. The molecular weight excluding hydrogens is 449 g/mol. The molecule has 4 rings (SSSR count). The Morgan fingerprint density at radius 1 is 1.06 bits per heavy atom. The van der Waals surface area contributed by atoms with E-state index >= 15 is 0 Å². The number of benzene rings is 3. The molecule has 0 aromatic heterocycles. The Morgan fingerprint density at radius 2 is 1.85 bits per heavy atom. The number of ether oxygens (including phenoxy) is 2. The molecule has 170 valence electrons. The highest BCUT2D eigenvalue weighted by molar-refractivity contribution is 6.30. The number of carboxylic acids is 1. The van der Waals surface area contributed by atoms with Crippen LogP contribution in [0.1, 0.15) is 28.3 Å². The maximum absolute atomic E-state index is 13.9. The van der Waals surface area contributed by atoms with Crippen molar-refractivity contribution < 1.29 is 28.6 Å². The van der Waals surface area contributed by atoms with Crippen LogP contribution in [-0.4, -0.2) is 35.2 Å². The summed E-state index contributed by atoms with van der Waals surface area (Å²) in [4.78, 5) is 25.8. The van der Waals surface area contributed by atoms with Gasteiger partial charge < -0.3 is 14.6 Å². The standard InChI is InChI=1S/C25H21ClFNO5/c26-18-6-9-22(32-15-23(29)30)21(13-18)24-20-8-7-19(27)12-17(20)10-11-28(24)25(31)33-14-16-4-2-1-3-5-16/h1-9,12-13,24H,10-11,14-15H2,(H,29,30). The van der Waals surface area contributed by atoms with E-state index in [1.54, 1.807) is 24.3 Å². The fourth-order valence-corrected chi connectivity index (χ4v) is 4.11. The van der Waals surface area contributed by atoms with Crippen LogP contribution in [0.5, 0.6) is 5.75 Å². The second-order valence-corrected chi connectivity index (χ2v) is 8.03. The van der Waals surface area contributed by atoms with E-state index in [2.05, 4.69) is 0 Å². The fraction of sp³-hybridized carbons (Fsp3) is 0.200. The average molecular weight is 470 g/mol. The molecule has 1 atom stereocenters. The SMILES string of the molecule is O=C(O)COc1ccc(Cl)cc1C1c2ccc(F)cc2CCN1C(=O)OCc1ccccc1. The van der Waals surface area contributed by atoms with Gasteiger partial charge in [-0.2, -0.15) is 0 Å². The third-order valence-corrected chi connectivity index (χ3v) is 5.63. The summed E-state index contributed by atoms with van der Waals surface area (Å²) in [5, 5.41) is 9.45. The summed E-state index contributed by atoms with van der Waals surface area (Å²) in [5.41, 5.74) is 2.78. The van der Waals surface area contributed by atoms with E-state index < -0.39 is 24.7 Å². The van der Waals surface area contributed by atoms with Gasteiger partial charge in [-0.25, -0.2) is 14.0 Å². The number of hydrogen-bond acceptors (Lipinski definition) is 4. The molecule has 3 aromatic carbocycles. The van der Waals surface area contributed by atoms with Gasteiger partial charge in [0.2, 0.25) is 0 Å². The van der Waals surface area contributed by atoms with Crippen LogP contribution < -0.4 is 4.74 Å². The van der Waals surface area contributed by atoms with E-state index in [9.17, 15) is 14.0 Å². The molecule has 8 heteroatoms. The second kappa shape index (κ2) is 9.92. The summed E-state index contributed by atoms with van der Waals surface area (Å²) in [6, 6.07) is 17.8. The van der Waals surface area contributed by atoms with Crippen molar-refractivity contribution in [2.75, 3.05) is 13.2 Å². The zero-order valence-electron chi connectivity index (χ0n) is 17.5. The van der Waals surface area contributed by atoms with Gasteiger partial charge >= 0.3 is 12.1 Å². The van der Waals surface area contributed by atoms with E-state index in [1.807, 2.05) is 30.3 Å². The number of aliphatic carboxylic acids is 1. The van der Waals surface area contributed by atoms with Crippen LogP contribution in [0.4, 0.5) is 9.18 Å². The first-order valence-corrected chi connectivity index (χ1v) is 10.7. The highest BCUT2D eigenvalue weighted by Crippen LogP contribution is 2.41. The molecule has 0 saturated heterocycles. The quantitative estimate of drug-likeness (QED) is 0.535. The number of carbonyl (C=O) groups is 2. The van der Waals surface area contributed by atoms with Crippen molar-refractivity contribution in [3.05, 3.63) is 99.8 Å². The zero-order chi connectivity index (χ0) is 23.4. The monoisotopic (exact) mass is 469 g/mol. The van der Waals surface area contributed by atoms with Gasteiger partial charge in [-0.15, -0.1) is 0 Å². The van der Waals surface area contributed by atoms with Gasteiger partial charge in [0, 0.05) is 17.1 Å². The molecule has 1 unspecified atom stereocenters. The number of fused-ring (bicyclic) bond motifs is 1. The lowest BCUT2D eigenvalue weighted by atomic mass is 9.88. The summed E-state index contributed by atoms with van der Waals surface area (Å²) in [7, 11) is 0. The van der Waals surface area contributed by atoms with Crippen LogP contribution in [0.3, 0.4) is 0 Å². The molecule has 0 bridgehead atoms. The molecule has 0 aliphatic carbocycles. The topological polar surface area (TPSA) is 76.1 Å². The summed E-state index contributed by atoms with van der Waals surface area (Å²) in [5.74, 6) is -1.24. The van der Waals surface area contributed by atoms with Gasteiger partial charge in [0.1, 0.15) is 18.2 Å². The van der Waals surface area contributed by atoms with E-state index in [1.165, 1.54) is 17.0 Å². The van der Waals surface area contributed by atoms with Crippen molar-refractivity contribution in [2.24, 2.45) is 0 Å². The number of hydrogen-bond donors (Lipinski definition) is 1. The molecule has 6 nitrogen and oxygen atoms in total. The molecule has 1 aliphatic heterocycles. The molecule has 1 heterocycles. The average Bonchev–Trinajstić information content (AvgIpc) is 2.81. The molecule has 0 spiro atoms. The maximum atomic E-state index is 13.9. The third-order valence-electron chi connectivity index (χ3n) is 5.39. The van der Waals surface area contributed by atoms with Gasteiger partial charge in [0.15, 0.2) is 6.61 Å². The summed E-state index contributed by atoms with van der Waals surface area (Å²) >= 11 is 6.25. The molecule has 0 radical (unpaired) electrons. The molecule has 0 fully saturated rings. The Morgan fingerprint density at radius 3 is 2.61 bits per heavy atom. The van der Waals surface area contributed by atoms with Crippen LogP contribution in [0.2, 0.25) is 5.02 Å². The minimum absolute atomic E-state index is 0.0943. The lowest BCUT2D eigenvalue weighted by Gasteiger charge is -2.37. The number of amides is 1. The highest BCUT2D eigenvalue weighted by atomic mass is 35.5. The molecule has 3 aromatic rings. The number of halogens is 2. The molecule has 1 amide bonds. The van der Waals surface area contributed by atoms with Crippen molar-refractivity contribution >= 4 is 23.7 Å². The van der Waals surface area contributed by atoms with E-state index in [0.717, 1.165) is 11.1 Å². The van der Waals surface area contributed by atoms with E-state index in [-0.39, 0.29) is 24.7 Å². The first-order valence-electron chi connectivity index (χ1n) is 10.3. The molecular formula is C25H21ClFNO5. The Labute approximate surface area is 195 Å². The lowest BCUT2D eigenvalue weighted by Crippen LogP contribution is -2.41. The predicted octanol–water partition coefficient (Wildman–Crippen LogP) is 5.23.